The van der Waals surface area contributed by atoms with Gasteiger partial charge in [-0.1, -0.05) is 0 Å². The van der Waals surface area contributed by atoms with Crippen molar-refractivity contribution in [1.82, 2.24) is 9.29 Å². The molecule has 0 bridgehead atoms. The number of benzene rings is 1. The maximum atomic E-state index is 12.4. The Kier molecular flexibility index (Phi) is 2.64. The molecule has 0 atom stereocenters. The Morgan fingerprint density at radius 1 is 1.26 bits per heavy atom. The third-order valence-electron chi connectivity index (χ3n) is 3.24. The molecule has 0 unspecified atom stereocenters. The van der Waals surface area contributed by atoms with Gasteiger partial charge in [-0.2, -0.15) is 4.31 Å². The number of sulfonamides is 1. The fraction of sp³-hybridized carbons (Fsp3) is 0.364. The van der Waals surface area contributed by atoms with E-state index in [4.69, 9.17) is 10.2 Å². The molecule has 1 aromatic heterocycles. The third-order valence-corrected chi connectivity index (χ3v) is 5.12. The summed E-state index contributed by atoms with van der Waals surface area (Å²) in [6, 6.07) is 2.68. The molecule has 2 heterocycles. The zero-order valence-corrected chi connectivity index (χ0v) is 10.9. The second-order valence-corrected chi connectivity index (χ2v) is 6.45. The fourth-order valence-electron chi connectivity index (χ4n) is 2.28. The molecule has 0 amide bonds. The molecule has 0 radical (unpaired) electrons. The van der Waals surface area contributed by atoms with Crippen LogP contribution in [0.2, 0.25) is 0 Å². The maximum absolute atomic E-state index is 12.4. The van der Waals surface area contributed by atoms with Crippen molar-refractivity contribution in [3.05, 3.63) is 22.7 Å². The van der Waals surface area contributed by atoms with Crippen molar-refractivity contribution in [2.24, 2.45) is 0 Å². The average Bonchev–Trinajstić information content (AvgIpc) is 2.96. The first-order valence-electron chi connectivity index (χ1n) is 5.91. The Hall–Kier alpha value is -1.80. The van der Waals surface area contributed by atoms with E-state index in [9.17, 15) is 13.2 Å². The minimum Gasteiger partial charge on any atom is -0.408 e. The van der Waals surface area contributed by atoms with Gasteiger partial charge in [0.05, 0.1) is 10.6 Å². The quantitative estimate of drug-likeness (QED) is 0.779. The first kappa shape index (κ1) is 12.2. The SMILES string of the molecule is Nc1cc(S(=O)(=O)N2CCCC2)cc2oc(=O)[nH]c12. The molecule has 19 heavy (non-hydrogen) atoms. The number of fused-ring (bicyclic) bond motifs is 1. The zero-order chi connectivity index (χ0) is 13.6. The molecule has 102 valence electrons. The Morgan fingerprint density at radius 3 is 2.63 bits per heavy atom. The molecule has 1 aliphatic rings. The summed E-state index contributed by atoms with van der Waals surface area (Å²) in [4.78, 5) is 13.6. The van der Waals surface area contributed by atoms with Crippen LogP contribution in [0.25, 0.3) is 11.1 Å². The molecule has 0 spiro atoms. The van der Waals surface area contributed by atoms with Crippen LogP contribution in [0.3, 0.4) is 0 Å². The molecular formula is C11H13N3O4S. The van der Waals surface area contributed by atoms with Gasteiger partial charge in [-0.3, -0.25) is 4.98 Å². The summed E-state index contributed by atoms with van der Waals surface area (Å²) >= 11 is 0. The molecule has 3 N–H and O–H groups in total. The number of hydrogen-bond acceptors (Lipinski definition) is 5. The second kappa shape index (κ2) is 4.10. The predicted molar refractivity (Wildman–Crippen MR) is 69.2 cm³/mol. The van der Waals surface area contributed by atoms with Crippen molar-refractivity contribution in [2.75, 3.05) is 18.8 Å². The summed E-state index contributed by atoms with van der Waals surface area (Å²) in [5.41, 5.74) is 6.41. The topological polar surface area (TPSA) is 109 Å². The summed E-state index contributed by atoms with van der Waals surface area (Å²) in [7, 11) is -3.57. The van der Waals surface area contributed by atoms with Crippen LogP contribution in [-0.2, 0) is 10.0 Å². The summed E-state index contributed by atoms with van der Waals surface area (Å²) in [5.74, 6) is -0.655. The van der Waals surface area contributed by atoms with E-state index >= 15 is 0 Å². The number of nitrogens with one attached hydrogen (secondary N) is 1. The summed E-state index contributed by atoms with van der Waals surface area (Å²) in [5, 5.41) is 0. The van der Waals surface area contributed by atoms with Crippen LogP contribution in [0, 0.1) is 0 Å². The lowest BCUT2D eigenvalue weighted by atomic mass is 10.3. The smallest absolute Gasteiger partial charge is 0.408 e. The van der Waals surface area contributed by atoms with Gasteiger partial charge in [0.1, 0.15) is 5.52 Å². The molecule has 2 aromatic rings. The number of nitrogens with two attached hydrogens (primary N) is 1. The van der Waals surface area contributed by atoms with E-state index in [1.165, 1.54) is 16.4 Å². The molecule has 7 nitrogen and oxygen atoms in total. The Labute approximate surface area is 109 Å². The Bertz CT molecular complexity index is 784. The van der Waals surface area contributed by atoms with Gasteiger partial charge in [-0.25, -0.2) is 13.2 Å². The van der Waals surface area contributed by atoms with Gasteiger partial charge in [0.2, 0.25) is 10.0 Å². The van der Waals surface area contributed by atoms with Crippen molar-refractivity contribution in [1.29, 1.82) is 0 Å². The Balaban J connectivity index is 2.17. The molecule has 1 fully saturated rings. The molecule has 0 aliphatic carbocycles. The number of anilines is 1. The number of nitrogen functional groups attached to an aromatic ring is 1. The van der Waals surface area contributed by atoms with Crippen LogP contribution < -0.4 is 11.5 Å². The van der Waals surface area contributed by atoms with Crippen LogP contribution in [0.5, 0.6) is 0 Å². The van der Waals surface area contributed by atoms with Crippen molar-refractivity contribution < 1.29 is 12.8 Å². The minimum atomic E-state index is -3.57. The van der Waals surface area contributed by atoms with E-state index in [2.05, 4.69) is 4.98 Å². The highest BCUT2D eigenvalue weighted by molar-refractivity contribution is 7.89. The standard InChI is InChI=1S/C11H13N3O4S/c12-8-5-7(6-9-10(8)13-11(15)18-9)19(16,17)14-3-1-2-4-14/h5-6H,1-4,12H2,(H,13,15). The number of oxazole rings is 1. The normalized spacial score (nSPS) is 17.3. The highest BCUT2D eigenvalue weighted by atomic mass is 32.2. The van der Waals surface area contributed by atoms with Crippen LogP contribution in [-0.4, -0.2) is 30.8 Å². The van der Waals surface area contributed by atoms with E-state index < -0.39 is 15.8 Å². The van der Waals surface area contributed by atoms with E-state index in [1.54, 1.807) is 0 Å². The van der Waals surface area contributed by atoms with Gasteiger partial charge in [-0.05, 0) is 18.9 Å². The van der Waals surface area contributed by atoms with Crippen molar-refractivity contribution in [2.45, 2.75) is 17.7 Å². The number of H-pyrrole nitrogens is 1. The summed E-state index contributed by atoms with van der Waals surface area (Å²) < 4.78 is 31.0. The zero-order valence-electron chi connectivity index (χ0n) is 10.0. The molecule has 1 saturated heterocycles. The first-order chi connectivity index (χ1) is 8.98. The number of rotatable bonds is 2. The third kappa shape index (κ3) is 1.92. The lowest BCUT2D eigenvalue weighted by molar-refractivity contribution is 0.477. The largest absolute Gasteiger partial charge is 0.417 e. The first-order valence-corrected chi connectivity index (χ1v) is 7.35. The summed E-state index contributed by atoms with van der Waals surface area (Å²) in [6.45, 7) is 1.02. The highest BCUT2D eigenvalue weighted by Crippen LogP contribution is 2.27. The highest BCUT2D eigenvalue weighted by Gasteiger charge is 2.28. The van der Waals surface area contributed by atoms with Crippen molar-refractivity contribution >= 4 is 26.8 Å². The van der Waals surface area contributed by atoms with Crippen LogP contribution in [0.15, 0.2) is 26.2 Å². The molecule has 1 aliphatic heterocycles. The van der Waals surface area contributed by atoms with Crippen LogP contribution in [0.4, 0.5) is 5.69 Å². The lowest BCUT2D eigenvalue weighted by Crippen LogP contribution is -2.27. The van der Waals surface area contributed by atoms with Crippen LogP contribution >= 0.6 is 0 Å². The van der Waals surface area contributed by atoms with Crippen molar-refractivity contribution in [3.63, 3.8) is 0 Å². The minimum absolute atomic E-state index is 0.0575. The van der Waals surface area contributed by atoms with E-state index in [0.717, 1.165) is 12.8 Å². The van der Waals surface area contributed by atoms with Gasteiger partial charge in [0, 0.05) is 19.2 Å². The molecule has 1 aromatic carbocycles. The maximum Gasteiger partial charge on any atom is 0.417 e. The number of aromatic nitrogens is 1. The van der Waals surface area contributed by atoms with E-state index in [1.807, 2.05) is 0 Å². The van der Waals surface area contributed by atoms with E-state index in [0.29, 0.717) is 18.6 Å². The number of hydrogen-bond donors (Lipinski definition) is 2. The van der Waals surface area contributed by atoms with Gasteiger partial charge in [-0.15, -0.1) is 0 Å². The lowest BCUT2D eigenvalue weighted by Gasteiger charge is -2.15. The fourth-order valence-corrected chi connectivity index (χ4v) is 3.85. The monoisotopic (exact) mass is 283 g/mol. The molecular weight excluding hydrogens is 270 g/mol. The van der Waals surface area contributed by atoms with Gasteiger partial charge in [0.25, 0.3) is 0 Å². The molecule has 8 heteroatoms. The average molecular weight is 283 g/mol. The van der Waals surface area contributed by atoms with Gasteiger partial charge >= 0.3 is 5.76 Å². The van der Waals surface area contributed by atoms with E-state index in [-0.39, 0.29) is 16.2 Å². The number of nitrogens with zero attached hydrogens (tertiary/aromatic N) is 1. The van der Waals surface area contributed by atoms with Crippen LogP contribution in [0.1, 0.15) is 12.8 Å². The molecule has 3 rings (SSSR count). The van der Waals surface area contributed by atoms with Crippen molar-refractivity contribution in [3.8, 4) is 0 Å². The molecule has 0 saturated carbocycles. The van der Waals surface area contributed by atoms with Gasteiger partial charge < -0.3 is 10.2 Å². The number of aromatic amines is 1. The summed E-state index contributed by atoms with van der Waals surface area (Å²) in [6.07, 6.45) is 1.71. The predicted octanol–water partition coefficient (Wildman–Crippen LogP) is 0.488. The van der Waals surface area contributed by atoms with Gasteiger partial charge in [0.15, 0.2) is 5.58 Å². The Morgan fingerprint density at radius 2 is 1.95 bits per heavy atom. The second-order valence-electron chi connectivity index (χ2n) is 4.51.